The molecule has 0 saturated heterocycles. The van der Waals surface area contributed by atoms with Crippen LogP contribution in [0.1, 0.15) is 0 Å². The van der Waals surface area contributed by atoms with Crippen LogP contribution in [-0.2, 0) is 0 Å². The van der Waals surface area contributed by atoms with Crippen molar-refractivity contribution in [3.63, 3.8) is 0 Å². The van der Waals surface area contributed by atoms with E-state index in [1.165, 1.54) is 0 Å². The molecule has 1 nitrogen and oxygen atoms in total. The first kappa shape index (κ1) is 12.6. The van der Waals surface area contributed by atoms with E-state index in [9.17, 15) is 19.4 Å². The molecule has 0 aliphatic heterocycles. The summed E-state index contributed by atoms with van der Waals surface area (Å²) in [6, 6.07) is 2.29. The Morgan fingerprint density at radius 3 is 1.80 bits per heavy atom. The maximum atomic E-state index is 12.2. The summed E-state index contributed by atoms with van der Waals surface area (Å²) >= 11 is 2.88. The van der Waals surface area contributed by atoms with Gasteiger partial charge in [0.05, 0.1) is 0 Å². The molecule has 0 heterocycles. The third-order valence-corrected chi connectivity index (χ3v) is 2.88. The van der Waals surface area contributed by atoms with E-state index in [0.717, 1.165) is 12.1 Å². The van der Waals surface area contributed by atoms with Gasteiger partial charge in [0.15, 0.2) is 0 Å². The number of hydrogen-bond acceptors (Lipinski definition) is 1. The fourth-order valence-corrected chi connectivity index (χ4v) is 1.77. The van der Waals surface area contributed by atoms with Crippen LogP contribution in [-0.4, -0.2) is 5.52 Å². The van der Waals surface area contributed by atoms with Crippen molar-refractivity contribution < 1.29 is 24.2 Å². The van der Waals surface area contributed by atoms with Crippen LogP contribution in [0.4, 0.5) is 19.4 Å². The summed E-state index contributed by atoms with van der Waals surface area (Å²) in [5, 5.41) is 0. The molecule has 0 aliphatic rings. The van der Waals surface area contributed by atoms with Crippen molar-refractivity contribution in [2.75, 3.05) is 5.52 Å². The van der Waals surface area contributed by atoms with Crippen molar-refractivity contribution >= 4 is 26.2 Å². The van der Waals surface area contributed by atoms with Gasteiger partial charge in [-0.1, -0.05) is 19.4 Å². The van der Waals surface area contributed by atoms with Gasteiger partial charge in [0.25, 0.3) is 0 Å². The van der Waals surface area contributed by atoms with Gasteiger partial charge in [-0.3, -0.25) is 0 Å². The summed E-state index contributed by atoms with van der Waals surface area (Å²) in [4.78, 5) is -1.92. The Morgan fingerprint density at radius 1 is 1.00 bits per heavy atom. The van der Waals surface area contributed by atoms with Gasteiger partial charge in [-0.2, -0.15) is 0 Å². The molecule has 15 heavy (non-hydrogen) atoms. The highest BCUT2D eigenvalue weighted by atomic mass is 79.9. The SMILES string of the molecule is FS(F)(F)(F)(F)c1ccc(OCBr)cc1. The van der Waals surface area contributed by atoms with Crippen molar-refractivity contribution in [2.45, 2.75) is 4.90 Å². The predicted octanol–water partition coefficient (Wildman–Crippen LogP) is 5.08. The molecule has 0 aliphatic carbocycles. The smallest absolute Gasteiger partial charge is 0.310 e. The lowest BCUT2D eigenvalue weighted by Gasteiger charge is -2.40. The Kier molecular flexibility index (Phi) is 2.52. The Balaban J connectivity index is 3.11. The Hall–Kier alpha value is -0.500. The molecular weight excluding hydrogens is 307 g/mol. The molecule has 88 valence electrons. The highest BCUT2D eigenvalue weighted by Crippen LogP contribution is 3.02. The number of halogens is 6. The zero-order valence-corrected chi connectivity index (χ0v) is 9.50. The molecule has 0 N–H and O–H groups in total. The normalized spacial score (nSPS) is 16.7. The maximum Gasteiger partial charge on any atom is 0.310 e. The van der Waals surface area contributed by atoms with Gasteiger partial charge in [0, 0.05) is 0 Å². The minimum atomic E-state index is -9.55. The lowest BCUT2D eigenvalue weighted by Crippen LogP contribution is -2.05. The fraction of sp³-hybridized carbons (Fsp3) is 0.143. The van der Waals surface area contributed by atoms with Crippen LogP contribution < -0.4 is 4.74 Å². The first-order chi connectivity index (χ1) is 6.53. The zero-order valence-electron chi connectivity index (χ0n) is 7.10. The van der Waals surface area contributed by atoms with E-state index in [2.05, 4.69) is 15.9 Å². The van der Waals surface area contributed by atoms with E-state index in [1.54, 1.807) is 0 Å². The molecule has 0 radical (unpaired) electrons. The van der Waals surface area contributed by atoms with Gasteiger partial charge in [-0.15, -0.1) is 0 Å². The van der Waals surface area contributed by atoms with Crippen molar-refractivity contribution in [3.05, 3.63) is 24.3 Å². The zero-order chi connectivity index (χ0) is 11.8. The highest BCUT2D eigenvalue weighted by Gasteiger charge is 2.65. The molecule has 0 aromatic heterocycles. The summed E-state index contributed by atoms with van der Waals surface area (Å²) in [5.41, 5.74) is 0.0722. The average Bonchev–Trinajstić information content (AvgIpc) is 2.01. The van der Waals surface area contributed by atoms with Gasteiger partial charge in [0.1, 0.15) is 16.2 Å². The molecule has 1 aromatic carbocycles. The van der Waals surface area contributed by atoms with Crippen molar-refractivity contribution in [1.29, 1.82) is 0 Å². The lowest BCUT2D eigenvalue weighted by atomic mass is 10.3. The molecule has 0 atom stereocenters. The quantitative estimate of drug-likeness (QED) is 0.559. The Morgan fingerprint density at radius 2 is 1.47 bits per heavy atom. The van der Waals surface area contributed by atoms with Crippen LogP contribution in [0.2, 0.25) is 0 Å². The molecule has 1 aromatic rings. The second-order valence-electron chi connectivity index (χ2n) is 2.69. The largest absolute Gasteiger partial charge is 0.482 e. The van der Waals surface area contributed by atoms with Crippen LogP contribution in [0.15, 0.2) is 29.2 Å². The van der Waals surface area contributed by atoms with Crippen molar-refractivity contribution in [1.82, 2.24) is 0 Å². The monoisotopic (exact) mass is 312 g/mol. The average molecular weight is 313 g/mol. The van der Waals surface area contributed by atoms with Crippen LogP contribution in [0.5, 0.6) is 5.75 Å². The summed E-state index contributed by atoms with van der Waals surface area (Å²) < 4.78 is 65.8. The fourth-order valence-electron chi connectivity index (χ4n) is 0.856. The summed E-state index contributed by atoms with van der Waals surface area (Å²) in [5.74, 6) is 0.0810. The number of hydrogen-bond donors (Lipinski definition) is 0. The minimum absolute atomic E-state index is 0.0722. The molecular formula is C7H6BrF5OS. The lowest BCUT2D eigenvalue weighted by molar-refractivity contribution is 0.363. The van der Waals surface area contributed by atoms with Gasteiger partial charge in [-0.05, 0) is 40.2 Å². The van der Waals surface area contributed by atoms with Gasteiger partial charge in [-0.25, -0.2) is 0 Å². The number of rotatable bonds is 3. The van der Waals surface area contributed by atoms with Gasteiger partial charge < -0.3 is 4.74 Å². The highest BCUT2D eigenvalue weighted by molar-refractivity contribution is 9.09. The minimum Gasteiger partial charge on any atom is -0.482 e. The molecule has 0 fully saturated rings. The van der Waals surface area contributed by atoms with Crippen LogP contribution in [0.25, 0.3) is 0 Å². The van der Waals surface area contributed by atoms with E-state index in [1.807, 2.05) is 0 Å². The van der Waals surface area contributed by atoms with Crippen LogP contribution in [0, 0.1) is 0 Å². The Bertz CT molecular complexity index is 358. The predicted molar refractivity (Wildman–Crippen MR) is 52.3 cm³/mol. The topological polar surface area (TPSA) is 9.23 Å². The van der Waals surface area contributed by atoms with Crippen LogP contribution in [0.3, 0.4) is 0 Å². The molecule has 0 saturated carbocycles. The third kappa shape index (κ3) is 3.53. The van der Waals surface area contributed by atoms with E-state index < -0.39 is 15.1 Å². The van der Waals surface area contributed by atoms with E-state index in [0.29, 0.717) is 12.1 Å². The molecule has 0 amide bonds. The number of alkyl halides is 1. The molecule has 0 unspecified atom stereocenters. The third-order valence-electron chi connectivity index (χ3n) is 1.49. The van der Waals surface area contributed by atoms with Crippen molar-refractivity contribution in [2.24, 2.45) is 0 Å². The Labute approximate surface area is 91.1 Å². The molecule has 0 spiro atoms. The summed E-state index contributed by atoms with van der Waals surface area (Å²) in [7, 11) is -9.55. The second-order valence-corrected chi connectivity index (χ2v) is 5.56. The summed E-state index contributed by atoms with van der Waals surface area (Å²) in [6.07, 6.45) is 0. The molecule has 1 rings (SSSR count). The van der Waals surface area contributed by atoms with Gasteiger partial charge in [0.2, 0.25) is 0 Å². The van der Waals surface area contributed by atoms with Crippen LogP contribution >= 0.6 is 26.2 Å². The van der Waals surface area contributed by atoms with Gasteiger partial charge >= 0.3 is 10.2 Å². The van der Waals surface area contributed by atoms with E-state index in [-0.39, 0.29) is 11.3 Å². The van der Waals surface area contributed by atoms with Crippen molar-refractivity contribution in [3.8, 4) is 5.75 Å². The molecule has 8 heteroatoms. The molecule has 0 bridgehead atoms. The first-order valence-corrected chi connectivity index (χ1v) is 6.63. The number of ether oxygens (including phenoxy) is 1. The van der Waals surface area contributed by atoms with E-state index in [4.69, 9.17) is 4.74 Å². The summed E-state index contributed by atoms with van der Waals surface area (Å²) in [6.45, 7) is 0. The maximum absolute atomic E-state index is 12.2. The standard InChI is InChI=1S/C7H6BrF5OS/c8-5-14-6-1-3-7(4-2-6)15(9,10,11,12)13/h1-4H,5H2. The second kappa shape index (κ2) is 3.00. The first-order valence-electron chi connectivity index (χ1n) is 3.56. The van der Waals surface area contributed by atoms with E-state index >= 15 is 0 Å². The number of benzene rings is 1.